The fourth-order valence-corrected chi connectivity index (χ4v) is 1.97. The van der Waals surface area contributed by atoms with Gasteiger partial charge in [-0.05, 0) is 23.8 Å². The molecule has 0 saturated carbocycles. The number of aromatic nitrogens is 2. The molecule has 0 saturated heterocycles. The molecule has 16 heavy (non-hydrogen) atoms. The lowest BCUT2D eigenvalue weighted by Gasteiger charge is -2.15. The molecule has 1 heterocycles. The summed E-state index contributed by atoms with van der Waals surface area (Å²) in [6, 6.07) is 9.78. The molecule has 0 fully saturated rings. The van der Waals surface area contributed by atoms with E-state index in [0.29, 0.717) is 6.54 Å². The fraction of sp³-hybridized carbons (Fsp3) is 0.250. The summed E-state index contributed by atoms with van der Waals surface area (Å²) in [7, 11) is 1.92. The maximum absolute atomic E-state index is 5.87. The minimum absolute atomic E-state index is 0.171. The molecule has 0 aliphatic carbocycles. The number of hydrogen-bond donors (Lipinski definition) is 1. The number of hydrogen-bond acceptors (Lipinski definition) is 2. The SMILES string of the molecule is Cn1nccc1C(CN)c1ccc(Cl)cc1. The van der Waals surface area contributed by atoms with E-state index < -0.39 is 0 Å². The molecule has 0 spiro atoms. The number of nitrogens with two attached hydrogens (primary N) is 1. The molecular formula is C12H14ClN3. The Morgan fingerprint density at radius 1 is 1.31 bits per heavy atom. The summed E-state index contributed by atoms with van der Waals surface area (Å²) in [4.78, 5) is 0. The van der Waals surface area contributed by atoms with E-state index in [0.717, 1.165) is 16.3 Å². The van der Waals surface area contributed by atoms with E-state index in [1.54, 1.807) is 6.20 Å². The van der Waals surface area contributed by atoms with Crippen molar-refractivity contribution in [1.29, 1.82) is 0 Å². The van der Waals surface area contributed by atoms with Gasteiger partial charge in [-0.25, -0.2) is 0 Å². The molecule has 2 N–H and O–H groups in total. The molecule has 0 radical (unpaired) electrons. The Balaban J connectivity index is 2.37. The van der Waals surface area contributed by atoms with Crippen LogP contribution in [0.1, 0.15) is 17.2 Å². The monoisotopic (exact) mass is 235 g/mol. The number of aryl methyl sites for hydroxylation is 1. The second kappa shape index (κ2) is 4.68. The zero-order valence-corrected chi connectivity index (χ0v) is 9.85. The Morgan fingerprint density at radius 2 is 2.00 bits per heavy atom. The van der Waals surface area contributed by atoms with Gasteiger partial charge in [-0.3, -0.25) is 4.68 Å². The number of rotatable bonds is 3. The highest BCUT2D eigenvalue weighted by molar-refractivity contribution is 6.30. The Labute approximate surface area is 99.8 Å². The number of halogens is 1. The zero-order valence-electron chi connectivity index (χ0n) is 9.10. The minimum atomic E-state index is 0.171. The van der Waals surface area contributed by atoms with E-state index in [1.807, 2.05) is 42.1 Å². The minimum Gasteiger partial charge on any atom is -0.329 e. The van der Waals surface area contributed by atoms with E-state index >= 15 is 0 Å². The lowest BCUT2D eigenvalue weighted by Crippen LogP contribution is -2.16. The molecule has 84 valence electrons. The molecule has 1 atom stereocenters. The first-order chi connectivity index (χ1) is 7.72. The first-order valence-electron chi connectivity index (χ1n) is 5.16. The van der Waals surface area contributed by atoms with Gasteiger partial charge in [-0.15, -0.1) is 0 Å². The van der Waals surface area contributed by atoms with Crippen molar-refractivity contribution in [1.82, 2.24) is 9.78 Å². The van der Waals surface area contributed by atoms with Crippen LogP contribution in [0.5, 0.6) is 0 Å². The van der Waals surface area contributed by atoms with Crippen molar-refractivity contribution in [2.45, 2.75) is 5.92 Å². The summed E-state index contributed by atoms with van der Waals surface area (Å²) >= 11 is 5.87. The van der Waals surface area contributed by atoms with E-state index in [1.165, 1.54) is 0 Å². The van der Waals surface area contributed by atoms with Crippen LogP contribution in [-0.4, -0.2) is 16.3 Å². The standard InChI is InChI=1S/C12H14ClN3/c1-16-12(6-7-15-16)11(8-14)9-2-4-10(13)5-3-9/h2-7,11H,8,14H2,1H3. The summed E-state index contributed by atoms with van der Waals surface area (Å²) in [6.07, 6.45) is 1.79. The first-order valence-corrected chi connectivity index (χ1v) is 5.53. The van der Waals surface area contributed by atoms with Crippen LogP contribution >= 0.6 is 11.6 Å². The Morgan fingerprint density at radius 3 is 2.50 bits per heavy atom. The Hall–Kier alpha value is -1.32. The molecule has 0 amide bonds. The molecule has 2 rings (SSSR count). The lowest BCUT2D eigenvalue weighted by molar-refractivity contribution is 0.663. The summed E-state index contributed by atoms with van der Waals surface area (Å²) in [5, 5.41) is 4.90. The molecule has 2 aromatic rings. The van der Waals surface area contributed by atoms with Gasteiger partial charge in [-0.1, -0.05) is 23.7 Å². The summed E-state index contributed by atoms with van der Waals surface area (Å²) < 4.78 is 1.85. The fourth-order valence-electron chi connectivity index (χ4n) is 1.85. The Kier molecular flexibility index (Phi) is 3.27. The predicted octanol–water partition coefficient (Wildman–Crippen LogP) is 2.16. The van der Waals surface area contributed by atoms with Gasteiger partial charge in [0.1, 0.15) is 0 Å². The van der Waals surface area contributed by atoms with E-state index in [4.69, 9.17) is 17.3 Å². The van der Waals surface area contributed by atoms with Gasteiger partial charge < -0.3 is 5.73 Å². The molecule has 0 aliphatic heterocycles. The van der Waals surface area contributed by atoms with Crippen LogP contribution in [0.2, 0.25) is 5.02 Å². The molecule has 1 aromatic heterocycles. The maximum Gasteiger partial charge on any atom is 0.0492 e. The largest absolute Gasteiger partial charge is 0.329 e. The first kappa shape index (κ1) is 11.2. The van der Waals surface area contributed by atoms with Crippen molar-refractivity contribution >= 4 is 11.6 Å². The molecule has 3 nitrogen and oxygen atoms in total. The van der Waals surface area contributed by atoms with Crippen molar-refractivity contribution in [3.63, 3.8) is 0 Å². The maximum atomic E-state index is 5.87. The summed E-state index contributed by atoms with van der Waals surface area (Å²) in [6.45, 7) is 0.557. The average Bonchev–Trinajstić information content (AvgIpc) is 2.69. The van der Waals surface area contributed by atoms with Crippen molar-refractivity contribution in [2.24, 2.45) is 12.8 Å². The second-order valence-electron chi connectivity index (χ2n) is 3.72. The number of benzene rings is 1. The van der Waals surface area contributed by atoms with E-state index in [9.17, 15) is 0 Å². The van der Waals surface area contributed by atoms with Gasteiger partial charge in [-0.2, -0.15) is 5.10 Å². The smallest absolute Gasteiger partial charge is 0.0492 e. The number of nitrogens with zero attached hydrogens (tertiary/aromatic N) is 2. The van der Waals surface area contributed by atoms with Gasteiger partial charge in [0.05, 0.1) is 0 Å². The second-order valence-corrected chi connectivity index (χ2v) is 4.16. The van der Waals surface area contributed by atoms with Crippen LogP contribution in [0.3, 0.4) is 0 Å². The summed E-state index contributed by atoms with van der Waals surface area (Å²) in [5.41, 5.74) is 8.11. The molecule has 1 unspecified atom stereocenters. The molecule has 4 heteroatoms. The van der Waals surface area contributed by atoms with Crippen LogP contribution in [0.15, 0.2) is 36.5 Å². The molecular weight excluding hydrogens is 222 g/mol. The van der Waals surface area contributed by atoms with Gasteiger partial charge in [0.2, 0.25) is 0 Å². The zero-order chi connectivity index (χ0) is 11.5. The molecule has 0 bridgehead atoms. The highest BCUT2D eigenvalue weighted by atomic mass is 35.5. The highest BCUT2D eigenvalue weighted by Gasteiger charge is 2.15. The predicted molar refractivity (Wildman–Crippen MR) is 65.6 cm³/mol. The third kappa shape index (κ3) is 2.10. The van der Waals surface area contributed by atoms with Gasteiger partial charge in [0.15, 0.2) is 0 Å². The van der Waals surface area contributed by atoms with Crippen LogP contribution < -0.4 is 5.73 Å². The molecule has 1 aromatic carbocycles. The van der Waals surface area contributed by atoms with Gasteiger partial charge >= 0.3 is 0 Å². The van der Waals surface area contributed by atoms with Crippen LogP contribution in [-0.2, 0) is 7.05 Å². The Bertz CT molecular complexity index is 461. The van der Waals surface area contributed by atoms with Crippen LogP contribution in [0, 0.1) is 0 Å². The van der Waals surface area contributed by atoms with E-state index in [-0.39, 0.29) is 5.92 Å². The summed E-state index contributed by atoms with van der Waals surface area (Å²) in [5.74, 6) is 0.171. The van der Waals surface area contributed by atoms with Crippen molar-refractivity contribution in [3.8, 4) is 0 Å². The average molecular weight is 236 g/mol. The topological polar surface area (TPSA) is 43.8 Å². The van der Waals surface area contributed by atoms with Crippen LogP contribution in [0.4, 0.5) is 0 Å². The van der Waals surface area contributed by atoms with Crippen molar-refractivity contribution in [3.05, 3.63) is 52.8 Å². The van der Waals surface area contributed by atoms with Gasteiger partial charge in [0.25, 0.3) is 0 Å². The van der Waals surface area contributed by atoms with Gasteiger partial charge in [0, 0.05) is 36.4 Å². The third-order valence-electron chi connectivity index (χ3n) is 2.72. The quantitative estimate of drug-likeness (QED) is 0.886. The highest BCUT2D eigenvalue weighted by Crippen LogP contribution is 2.24. The van der Waals surface area contributed by atoms with Crippen molar-refractivity contribution in [2.75, 3.05) is 6.54 Å². The van der Waals surface area contributed by atoms with E-state index in [2.05, 4.69) is 5.10 Å². The normalized spacial score (nSPS) is 12.7. The third-order valence-corrected chi connectivity index (χ3v) is 2.98. The lowest BCUT2D eigenvalue weighted by atomic mass is 9.96. The van der Waals surface area contributed by atoms with Crippen LogP contribution in [0.25, 0.3) is 0 Å². The molecule has 0 aliphatic rings. The van der Waals surface area contributed by atoms with Crippen molar-refractivity contribution < 1.29 is 0 Å².